The van der Waals surface area contributed by atoms with Crippen molar-refractivity contribution in [2.24, 2.45) is 5.10 Å². The fourth-order valence-corrected chi connectivity index (χ4v) is 0.577. The van der Waals surface area contributed by atoms with Gasteiger partial charge in [-0.05, 0) is 12.8 Å². The molecule has 0 heterocycles. The van der Waals surface area contributed by atoms with Crippen LogP contribution in [0.1, 0.15) is 6.92 Å². The van der Waals surface area contributed by atoms with E-state index in [9.17, 15) is 0 Å². The molecule has 0 aliphatic heterocycles. The van der Waals surface area contributed by atoms with E-state index in [1.807, 2.05) is 21.0 Å². The molecule has 0 aliphatic carbocycles. The Morgan fingerprint density at radius 1 is 1.67 bits per heavy atom. The van der Waals surface area contributed by atoms with E-state index in [0.717, 1.165) is 0 Å². The van der Waals surface area contributed by atoms with Crippen LogP contribution in [0.3, 0.4) is 0 Å². The lowest BCUT2D eigenvalue weighted by molar-refractivity contribution is -0.889. The lowest BCUT2D eigenvalue weighted by Crippen LogP contribution is -2.33. The van der Waals surface area contributed by atoms with Crippen LogP contribution in [0.15, 0.2) is 5.10 Å². The van der Waals surface area contributed by atoms with Crippen molar-refractivity contribution in [1.82, 2.24) is 0 Å². The van der Waals surface area contributed by atoms with Crippen LogP contribution in [-0.2, 0) is 0 Å². The second kappa shape index (κ2) is 3.26. The molecule has 0 N–H and O–H groups in total. The van der Waals surface area contributed by atoms with E-state index in [1.54, 1.807) is 6.21 Å². The molecule has 0 rings (SSSR count). The van der Waals surface area contributed by atoms with Crippen molar-refractivity contribution in [2.75, 3.05) is 20.6 Å². The molecule has 9 heavy (non-hydrogen) atoms. The SMILES string of the molecule is C#CC[N+](C)(C)N=CC. The molecule has 0 aromatic rings. The number of terminal acetylenes is 1. The molecule has 0 fully saturated rings. The minimum atomic E-state index is 0.521. The highest BCUT2D eigenvalue weighted by atomic mass is 15.6. The summed E-state index contributed by atoms with van der Waals surface area (Å²) in [4.78, 5) is 0. The summed E-state index contributed by atoms with van der Waals surface area (Å²) in [5.74, 6) is 2.55. The molecule has 0 amide bonds. The third kappa shape index (κ3) is 3.75. The molecular weight excluding hydrogens is 112 g/mol. The first-order chi connectivity index (χ1) is 4.12. The van der Waals surface area contributed by atoms with Gasteiger partial charge in [0.1, 0.15) is 0 Å². The molecular formula is C7H13N2+. The van der Waals surface area contributed by atoms with Crippen LogP contribution >= 0.6 is 0 Å². The lowest BCUT2D eigenvalue weighted by Gasteiger charge is -2.17. The Morgan fingerprint density at radius 2 is 2.22 bits per heavy atom. The van der Waals surface area contributed by atoms with Gasteiger partial charge in [0.2, 0.25) is 0 Å². The van der Waals surface area contributed by atoms with E-state index >= 15 is 0 Å². The summed E-state index contributed by atoms with van der Waals surface area (Å²) >= 11 is 0. The zero-order valence-electron chi connectivity index (χ0n) is 6.26. The fourth-order valence-electron chi connectivity index (χ4n) is 0.577. The smallest absolute Gasteiger partial charge is 0.164 e. The van der Waals surface area contributed by atoms with Gasteiger partial charge in [-0.1, -0.05) is 5.10 Å². The summed E-state index contributed by atoms with van der Waals surface area (Å²) in [5.41, 5.74) is 0. The molecule has 0 unspecified atom stereocenters. The average Bonchev–Trinajstić information content (AvgIpc) is 1.64. The molecule has 0 aliphatic rings. The van der Waals surface area contributed by atoms with Gasteiger partial charge in [0, 0.05) is 0 Å². The highest BCUT2D eigenvalue weighted by molar-refractivity contribution is 5.52. The summed E-state index contributed by atoms with van der Waals surface area (Å²) < 4.78 is 0.521. The number of rotatable bonds is 2. The molecule has 0 saturated carbocycles. The van der Waals surface area contributed by atoms with Gasteiger partial charge in [0.05, 0.1) is 20.3 Å². The van der Waals surface area contributed by atoms with Crippen LogP contribution in [0.5, 0.6) is 0 Å². The third-order valence-electron chi connectivity index (χ3n) is 0.906. The molecule has 2 nitrogen and oxygen atoms in total. The molecule has 0 atom stereocenters. The maximum Gasteiger partial charge on any atom is 0.164 e. The predicted molar refractivity (Wildman–Crippen MR) is 40.0 cm³/mol. The molecule has 2 heteroatoms. The maximum absolute atomic E-state index is 5.11. The predicted octanol–water partition coefficient (Wildman–Crippen LogP) is 0.702. The zero-order valence-corrected chi connectivity index (χ0v) is 6.26. The Morgan fingerprint density at radius 3 is 2.56 bits per heavy atom. The van der Waals surface area contributed by atoms with Gasteiger partial charge in [0.25, 0.3) is 0 Å². The largest absolute Gasteiger partial charge is 0.193 e. The fraction of sp³-hybridized carbons (Fsp3) is 0.571. The van der Waals surface area contributed by atoms with Gasteiger partial charge in [-0.15, -0.1) is 6.42 Å². The van der Waals surface area contributed by atoms with Crippen molar-refractivity contribution in [3.8, 4) is 12.3 Å². The minimum Gasteiger partial charge on any atom is -0.193 e. The topological polar surface area (TPSA) is 12.4 Å². The lowest BCUT2D eigenvalue weighted by atomic mass is 10.6. The average molecular weight is 125 g/mol. The Labute approximate surface area is 56.8 Å². The van der Waals surface area contributed by atoms with E-state index in [-0.39, 0.29) is 0 Å². The first-order valence-electron chi connectivity index (χ1n) is 2.89. The molecule has 0 aromatic heterocycles. The van der Waals surface area contributed by atoms with Gasteiger partial charge < -0.3 is 0 Å². The van der Waals surface area contributed by atoms with Gasteiger partial charge >= 0.3 is 0 Å². The van der Waals surface area contributed by atoms with E-state index in [0.29, 0.717) is 11.1 Å². The zero-order chi connectivity index (χ0) is 7.33. The number of quaternary nitrogens is 1. The standard InChI is InChI=1S/C7H13N2/c1-5-7-9(3,4)8-6-2/h1,6H,7H2,2-4H3/q+1. The van der Waals surface area contributed by atoms with Crippen molar-refractivity contribution in [3.63, 3.8) is 0 Å². The van der Waals surface area contributed by atoms with Crippen molar-refractivity contribution in [1.29, 1.82) is 0 Å². The quantitative estimate of drug-likeness (QED) is 0.223. The number of nitrogens with zero attached hydrogens (tertiary/aromatic N) is 2. The van der Waals surface area contributed by atoms with Crippen LogP contribution in [0, 0.1) is 12.3 Å². The monoisotopic (exact) mass is 125 g/mol. The van der Waals surface area contributed by atoms with E-state index < -0.39 is 0 Å². The second-order valence-corrected chi connectivity index (χ2v) is 2.36. The highest BCUT2D eigenvalue weighted by Gasteiger charge is 2.08. The first-order valence-corrected chi connectivity index (χ1v) is 2.89. The van der Waals surface area contributed by atoms with Gasteiger partial charge in [-0.25, -0.2) is 0 Å². The van der Waals surface area contributed by atoms with Crippen LogP contribution < -0.4 is 0 Å². The van der Waals surface area contributed by atoms with Crippen molar-refractivity contribution >= 4 is 6.21 Å². The Kier molecular flexibility index (Phi) is 2.97. The Bertz CT molecular complexity index is 139. The van der Waals surface area contributed by atoms with Crippen LogP contribution in [0.4, 0.5) is 0 Å². The van der Waals surface area contributed by atoms with Crippen LogP contribution in [-0.4, -0.2) is 31.4 Å². The summed E-state index contributed by atoms with van der Waals surface area (Å²) in [6.07, 6.45) is 6.87. The van der Waals surface area contributed by atoms with Crippen LogP contribution in [0.2, 0.25) is 0 Å². The third-order valence-corrected chi connectivity index (χ3v) is 0.906. The number of hydrogen-bond donors (Lipinski definition) is 0. The Hall–Kier alpha value is -0.810. The van der Waals surface area contributed by atoms with Gasteiger partial charge in [-0.2, -0.15) is 4.59 Å². The van der Waals surface area contributed by atoms with E-state index in [1.165, 1.54) is 0 Å². The van der Waals surface area contributed by atoms with Crippen molar-refractivity contribution < 1.29 is 4.59 Å². The molecule has 50 valence electrons. The van der Waals surface area contributed by atoms with Gasteiger partial charge in [0.15, 0.2) is 6.54 Å². The maximum atomic E-state index is 5.11. The molecule has 0 aromatic carbocycles. The summed E-state index contributed by atoms with van der Waals surface area (Å²) in [6.45, 7) is 2.53. The molecule has 0 radical (unpaired) electrons. The molecule has 0 saturated heterocycles. The molecule has 0 bridgehead atoms. The van der Waals surface area contributed by atoms with Crippen molar-refractivity contribution in [2.45, 2.75) is 6.92 Å². The first kappa shape index (κ1) is 8.19. The van der Waals surface area contributed by atoms with Gasteiger partial charge in [-0.3, -0.25) is 0 Å². The minimum absolute atomic E-state index is 0.521. The normalized spacial score (nSPS) is 11.8. The second-order valence-electron chi connectivity index (χ2n) is 2.36. The summed E-state index contributed by atoms with van der Waals surface area (Å²) in [5, 5.41) is 4.12. The van der Waals surface area contributed by atoms with E-state index in [2.05, 4.69) is 11.0 Å². The highest BCUT2D eigenvalue weighted by Crippen LogP contribution is 1.93. The summed E-state index contributed by atoms with van der Waals surface area (Å²) in [6, 6.07) is 0. The van der Waals surface area contributed by atoms with Crippen LogP contribution in [0.25, 0.3) is 0 Å². The van der Waals surface area contributed by atoms with Crippen molar-refractivity contribution in [3.05, 3.63) is 0 Å². The van der Waals surface area contributed by atoms with E-state index in [4.69, 9.17) is 6.42 Å². The Balaban J connectivity index is 3.89. The summed E-state index contributed by atoms with van der Waals surface area (Å²) in [7, 11) is 3.92. The number of hydrogen-bond acceptors (Lipinski definition) is 1. The molecule has 0 spiro atoms.